The average Bonchev–Trinajstić information content (AvgIpc) is 2.93. The molecule has 0 aliphatic carbocycles. The number of alkyl halides is 3. The second kappa shape index (κ2) is 13.5. The number of carbonyl (C=O) groups excluding carboxylic acids is 1. The van der Waals surface area contributed by atoms with Crippen molar-refractivity contribution in [2.24, 2.45) is 0 Å². The summed E-state index contributed by atoms with van der Waals surface area (Å²) >= 11 is 0. The highest BCUT2D eigenvalue weighted by Gasteiger charge is 2.38. The highest BCUT2D eigenvalue weighted by atomic mass is 32.2. The number of piperazine rings is 1. The van der Waals surface area contributed by atoms with Gasteiger partial charge in [-0.1, -0.05) is 30.3 Å². The molecule has 1 amide bonds. The van der Waals surface area contributed by atoms with E-state index in [-0.39, 0.29) is 16.5 Å². The quantitative estimate of drug-likeness (QED) is 0.354. The number of carbonyl (C=O) groups is 2. The molecule has 4 rings (SSSR count). The lowest BCUT2D eigenvalue weighted by Crippen LogP contribution is -2.44. The lowest BCUT2D eigenvalue weighted by Gasteiger charge is -2.32. The molecular formula is C27H28F4N4O5S. The minimum atomic E-state index is -5.08. The SMILES string of the molecule is CN(Cc1ccccc1)C(=O)c1cc(NS(=O)(=O)c2ccc(F)cc2)ccc1N1CCNCC1.O=C(O)C(F)(F)F. The van der Waals surface area contributed by atoms with Crippen LogP contribution in [0.4, 0.5) is 28.9 Å². The molecule has 1 aliphatic heterocycles. The van der Waals surface area contributed by atoms with Crippen LogP contribution in [-0.4, -0.2) is 69.7 Å². The largest absolute Gasteiger partial charge is 0.490 e. The number of rotatable bonds is 7. The summed E-state index contributed by atoms with van der Waals surface area (Å²) in [5.74, 6) is -3.48. The molecular weight excluding hydrogens is 568 g/mol. The van der Waals surface area contributed by atoms with Crippen molar-refractivity contribution in [1.82, 2.24) is 10.2 Å². The smallest absolute Gasteiger partial charge is 0.475 e. The number of hydrogen-bond acceptors (Lipinski definition) is 6. The predicted molar refractivity (Wildman–Crippen MR) is 145 cm³/mol. The first-order valence-corrected chi connectivity index (χ1v) is 13.7. The van der Waals surface area contributed by atoms with Crippen molar-refractivity contribution in [2.45, 2.75) is 17.6 Å². The zero-order chi connectivity index (χ0) is 30.2. The van der Waals surface area contributed by atoms with Crippen LogP contribution >= 0.6 is 0 Å². The third-order valence-electron chi connectivity index (χ3n) is 5.91. The van der Waals surface area contributed by atoms with Crippen LogP contribution in [-0.2, 0) is 21.4 Å². The molecule has 0 bridgehead atoms. The molecule has 0 unspecified atom stereocenters. The van der Waals surface area contributed by atoms with Crippen LogP contribution in [0.5, 0.6) is 0 Å². The first kappa shape index (κ1) is 31.4. The molecule has 220 valence electrons. The van der Waals surface area contributed by atoms with Gasteiger partial charge in [0.05, 0.1) is 10.5 Å². The van der Waals surface area contributed by atoms with E-state index in [9.17, 15) is 30.8 Å². The molecule has 0 aromatic heterocycles. The number of benzene rings is 3. The van der Waals surface area contributed by atoms with Gasteiger partial charge < -0.3 is 20.2 Å². The minimum Gasteiger partial charge on any atom is -0.475 e. The maximum atomic E-state index is 13.5. The van der Waals surface area contributed by atoms with Crippen LogP contribution in [0.15, 0.2) is 77.7 Å². The van der Waals surface area contributed by atoms with Crippen molar-refractivity contribution in [3.05, 3.63) is 89.7 Å². The summed E-state index contributed by atoms with van der Waals surface area (Å²) < 4.78 is 73.1. The van der Waals surface area contributed by atoms with Crippen LogP contribution < -0.4 is 14.9 Å². The first-order valence-electron chi connectivity index (χ1n) is 12.3. The number of sulfonamides is 1. The summed E-state index contributed by atoms with van der Waals surface area (Å²) in [5, 5.41) is 10.4. The second-order valence-electron chi connectivity index (χ2n) is 8.98. The molecule has 1 saturated heterocycles. The number of aliphatic carboxylic acids is 1. The molecule has 1 fully saturated rings. The van der Waals surface area contributed by atoms with Crippen LogP contribution in [0.2, 0.25) is 0 Å². The van der Waals surface area contributed by atoms with E-state index in [4.69, 9.17) is 9.90 Å². The summed E-state index contributed by atoms with van der Waals surface area (Å²) in [4.78, 5) is 26.1. The third kappa shape index (κ3) is 8.91. The van der Waals surface area contributed by atoms with E-state index in [2.05, 4.69) is 14.9 Å². The molecule has 9 nitrogen and oxygen atoms in total. The maximum absolute atomic E-state index is 13.5. The van der Waals surface area contributed by atoms with Crippen molar-refractivity contribution >= 4 is 33.3 Å². The van der Waals surface area contributed by atoms with Gasteiger partial charge in [0.25, 0.3) is 15.9 Å². The Morgan fingerprint density at radius 2 is 1.59 bits per heavy atom. The highest BCUT2D eigenvalue weighted by Crippen LogP contribution is 2.28. The molecule has 0 atom stereocenters. The van der Waals surface area contributed by atoms with Crippen LogP contribution in [0, 0.1) is 5.82 Å². The van der Waals surface area contributed by atoms with E-state index in [1.54, 1.807) is 30.1 Å². The van der Waals surface area contributed by atoms with Gasteiger partial charge in [-0.15, -0.1) is 0 Å². The van der Waals surface area contributed by atoms with E-state index < -0.39 is 28.0 Å². The number of carboxylic acids is 1. The van der Waals surface area contributed by atoms with E-state index in [1.807, 2.05) is 30.3 Å². The van der Waals surface area contributed by atoms with Gasteiger partial charge in [-0.25, -0.2) is 17.6 Å². The Labute approximate surface area is 234 Å². The number of hydrogen-bond donors (Lipinski definition) is 3. The van der Waals surface area contributed by atoms with Gasteiger partial charge >= 0.3 is 12.1 Å². The highest BCUT2D eigenvalue weighted by molar-refractivity contribution is 7.92. The molecule has 3 aromatic carbocycles. The van der Waals surface area contributed by atoms with Crippen molar-refractivity contribution in [3.8, 4) is 0 Å². The van der Waals surface area contributed by atoms with E-state index in [1.165, 1.54) is 12.1 Å². The van der Waals surface area contributed by atoms with Gasteiger partial charge in [0, 0.05) is 51.1 Å². The van der Waals surface area contributed by atoms with Gasteiger partial charge in [0.2, 0.25) is 0 Å². The third-order valence-corrected chi connectivity index (χ3v) is 7.31. The van der Waals surface area contributed by atoms with E-state index in [0.29, 0.717) is 12.1 Å². The normalized spacial score (nSPS) is 13.5. The molecule has 1 heterocycles. The molecule has 41 heavy (non-hydrogen) atoms. The van der Waals surface area contributed by atoms with Gasteiger partial charge in [-0.2, -0.15) is 13.2 Å². The topological polar surface area (TPSA) is 119 Å². The van der Waals surface area contributed by atoms with Gasteiger partial charge in [-0.05, 0) is 48.0 Å². The van der Waals surface area contributed by atoms with Crippen molar-refractivity contribution in [1.29, 1.82) is 0 Å². The van der Waals surface area contributed by atoms with Crippen LogP contribution in [0.1, 0.15) is 15.9 Å². The zero-order valence-corrected chi connectivity index (χ0v) is 22.7. The van der Waals surface area contributed by atoms with E-state index in [0.717, 1.165) is 49.6 Å². The Hall–Kier alpha value is -4.17. The number of amides is 1. The molecule has 14 heteroatoms. The standard InChI is InChI=1S/C25H27FN4O3S.C2HF3O2/c1-29(18-19-5-3-2-4-6-19)25(31)23-17-21(9-12-24(23)30-15-13-27-14-16-30)28-34(32,33)22-10-7-20(26)8-11-22;3-2(4,5)1(6)7/h2-12,17,27-28H,13-16,18H2,1H3;(H,6,7). The number of carboxylic acid groups (broad SMARTS) is 1. The Balaban J connectivity index is 0.000000587. The van der Waals surface area contributed by atoms with Crippen molar-refractivity contribution in [2.75, 3.05) is 42.8 Å². The average molecular weight is 597 g/mol. The summed E-state index contributed by atoms with van der Waals surface area (Å²) in [7, 11) is -2.22. The monoisotopic (exact) mass is 596 g/mol. The molecule has 1 aliphatic rings. The van der Waals surface area contributed by atoms with Crippen LogP contribution in [0.25, 0.3) is 0 Å². The lowest BCUT2D eigenvalue weighted by molar-refractivity contribution is -0.192. The number of nitrogens with one attached hydrogen (secondary N) is 2. The maximum Gasteiger partial charge on any atom is 0.490 e. The first-order chi connectivity index (χ1) is 19.3. The summed E-state index contributed by atoms with van der Waals surface area (Å²) in [6.45, 7) is 3.50. The molecule has 0 spiro atoms. The van der Waals surface area contributed by atoms with Gasteiger partial charge in [0.15, 0.2) is 0 Å². The Bertz CT molecular complexity index is 1450. The fourth-order valence-corrected chi connectivity index (χ4v) is 4.96. The Kier molecular flexibility index (Phi) is 10.3. The Morgan fingerprint density at radius 1 is 1.00 bits per heavy atom. The van der Waals surface area contributed by atoms with Crippen molar-refractivity contribution < 1.29 is 40.7 Å². The molecule has 3 aromatic rings. The minimum absolute atomic E-state index is 0.0610. The van der Waals surface area contributed by atoms with Gasteiger partial charge in [-0.3, -0.25) is 9.52 Å². The molecule has 0 radical (unpaired) electrons. The summed E-state index contributed by atoms with van der Waals surface area (Å²) in [5.41, 5.74) is 2.44. The molecule has 3 N–H and O–H groups in total. The summed E-state index contributed by atoms with van der Waals surface area (Å²) in [6, 6.07) is 19.2. The number of halogens is 4. The summed E-state index contributed by atoms with van der Waals surface area (Å²) in [6.07, 6.45) is -5.08. The lowest BCUT2D eigenvalue weighted by atomic mass is 10.1. The number of nitrogens with zero attached hydrogens (tertiary/aromatic N) is 2. The Morgan fingerprint density at radius 3 is 2.15 bits per heavy atom. The van der Waals surface area contributed by atoms with Gasteiger partial charge in [0.1, 0.15) is 5.82 Å². The fraction of sp³-hybridized carbons (Fsp3) is 0.259. The predicted octanol–water partition coefficient (Wildman–Crippen LogP) is 3.94. The molecule has 0 saturated carbocycles. The van der Waals surface area contributed by atoms with E-state index >= 15 is 0 Å². The second-order valence-corrected chi connectivity index (χ2v) is 10.7. The fourth-order valence-electron chi connectivity index (χ4n) is 3.91. The van der Waals surface area contributed by atoms with Crippen LogP contribution in [0.3, 0.4) is 0 Å². The number of anilines is 2. The zero-order valence-electron chi connectivity index (χ0n) is 21.9. The van der Waals surface area contributed by atoms with Crippen molar-refractivity contribution in [3.63, 3.8) is 0 Å².